The topological polar surface area (TPSA) is 60.7 Å². The Morgan fingerprint density at radius 1 is 1.27 bits per heavy atom. The van der Waals surface area contributed by atoms with E-state index in [2.05, 4.69) is 0 Å². The van der Waals surface area contributed by atoms with Crippen LogP contribution in [0, 0.1) is 5.92 Å². The second kappa shape index (κ2) is 5.03. The molecule has 0 bridgehead atoms. The second-order valence-electron chi connectivity index (χ2n) is 3.97. The molecule has 1 aromatic carbocycles. The molecule has 0 aliphatic rings. The number of benzene rings is 1. The van der Waals surface area contributed by atoms with Crippen LogP contribution in [0.25, 0.3) is 0 Å². The van der Waals surface area contributed by atoms with Gasteiger partial charge in [0.1, 0.15) is 11.5 Å². The van der Waals surface area contributed by atoms with Crippen molar-refractivity contribution in [3.63, 3.8) is 0 Å². The lowest BCUT2D eigenvalue weighted by Crippen LogP contribution is -2.19. The summed E-state index contributed by atoms with van der Waals surface area (Å²) in [4.78, 5) is 0. The minimum atomic E-state index is -0.484. The van der Waals surface area contributed by atoms with Gasteiger partial charge in [0.2, 0.25) is 0 Å². The lowest BCUT2D eigenvalue weighted by Gasteiger charge is -2.17. The molecule has 0 spiro atoms. The molecule has 15 heavy (non-hydrogen) atoms. The fraction of sp³-hybridized carbons (Fsp3) is 0.500. The Hall–Kier alpha value is -1.22. The average Bonchev–Trinajstić information content (AvgIpc) is 2.22. The van der Waals surface area contributed by atoms with Gasteiger partial charge in [-0.2, -0.15) is 0 Å². The van der Waals surface area contributed by atoms with Gasteiger partial charge in [-0.3, -0.25) is 0 Å². The van der Waals surface area contributed by atoms with Crippen molar-refractivity contribution in [1.29, 1.82) is 0 Å². The first-order chi connectivity index (χ1) is 7.04. The summed E-state index contributed by atoms with van der Waals surface area (Å²) in [5, 5.41) is 28.6. The van der Waals surface area contributed by atoms with Gasteiger partial charge in [0.15, 0.2) is 0 Å². The molecule has 0 saturated carbocycles. The third kappa shape index (κ3) is 3.13. The predicted molar refractivity (Wildman–Crippen MR) is 58.9 cm³/mol. The van der Waals surface area contributed by atoms with E-state index in [0.717, 1.165) is 6.42 Å². The first-order valence-electron chi connectivity index (χ1n) is 5.23. The Labute approximate surface area is 90.0 Å². The Kier molecular flexibility index (Phi) is 3.97. The van der Waals surface area contributed by atoms with E-state index in [1.807, 2.05) is 13.8 Å². The van der Waals surface area contributed by atoms with Gasteiger partial charge in [0, 0.05) is 12.0 Å². The van der Waals surface area contributed by atoms with Gasteiger partial charge in [-0.05, 0) is 24.1 Å². The highest BCUT2D eigenvalue weighted by atomic mass is 16.3. The number of rotatable bonds is 4. The number of phenols is 2. The highest BCUT2D eigenvalue weighted by Gasteiger charge is 2.15. The fourth-order valence-electron chi connectivity index (χ4n) is 1.43. The molecule has 3 N–H and O–H groups in total. The Bertz CT molecular complexity index is 323. The SMILES string of the molecule is CCC(C)C(O)Cc1cc(O)ccc1O. The zero-order chi connectivity index (χ0) is 11.4. The van der Waals surface area contributed by atoms with E-state index in [-0.39, 0.29) is 17.4 Å². The van der Waals surface area contributed by atoms with Crippen LogP contribution >= 0.6 is 0 Å². The average molecular weight is 210 g/mol. The zero-order valence-corrected chi connectivity index (χ0v) is 9.14. The van der Waals surface area contributed by atoms with Gasteiger partial charge in [0.05, 0.1) is 6.10 Å². The number of phenolic OH excluding ortho intramolecular Hbond substituents is 2. The molecule has 84 valence electrons. The van der Waals surface area contributed by atoms with Gasteiger partial charge in [-0.15, -0.1) is 0 Å². The number of aliphatic hydroxyl groups excluding tert-OH is 1. The zero-order valence-electron chi connectivity index (χ0n) is 9.14. The van der Waals surface area contributed by atoms with Crippen molar-refractivity contribution < 1.29 is 15.3 Å². The standard InChI is InChI=1S/C12H18O3/c1-3-8(2)12(15)7-9-6-10(13)4-5-11(9)14/h4-6,8,12-15H,3,7H2,1-2H3. The van der Waals surface area contributed by atoms with Gasteiger partial charge in [0.25, 0.3) is 0 Å². The largest absolute Gasteiger partial charge is 0.508 e. The minimum absolute atomic E-state index is 0.110. The molecule has 0 radical (unpaired) electrons. The summed E-state index contributed by atoms with van der Waals surface area (Å²) in [6, 6.07) is 4.35. The van der Waals surface area contributed by atoms with E-state index >= 15 is 0 Å². The first kappa shape index (κ1) is 11.9. The molecule has 0 saturated heterocycles. The van der Waals surface area contributed by atoms with Crippen LogP contribution < -0.4 is 0 Å². The highest BCUT2D eigenvalue weighted by molar-refractivity contribution is 5.38. The lowest BCUT2D eigenvalue weighted by molar-refractivity contribution is 0.114. The third-order valence-corrected chi connectivity index (χ3v) is 2.79. The summed E-state index contributed by atoms with van der Waals surface area (Å²) >= 11 is 0. The number of aromatic hydroxyl groups is 2. The van der Waals surface area contributed by atoms with E-state index < -0.39 is 6.10 Å². The molecule has 3 heteroatoms. The molecule has 1 rings (SSSR count). The molecular weight excluding hydrogens is 192 g/mol. The second-order valence-corrected chi connectivity index (χ2v) is 3.97. The predicted octanol–water partition coefficient (Wildman–Crippen LogP) is 2.05. The summed E-state index contributed by atoms with van der Waals surface area (Å²) in [6.45, 7) is 3.97. The van der Waals surface area contributed by atoms with Crippen LogP contribution in [0.15, 0.2) is 18.2 Å². The molecule has 3 nitrogen and oxygen atoms in total. The summed E-state index contributed by atoms with van der Waals surface area (Å²) in [7, 11) is 0. The lowest BCUT2D eigenvalue weighted by atomic mass is 9.95. The van der Waals surface area contributed by atoms with E-state index in [0.29, 0.717) is 12.0 Å². The van der Waals surface area contributed by atoms with E-state index in [1.165, 1.54) is 18.2 Å². The van der Waals surface area contributed by atoms with Crippen molar-refractivity contribution in [1.82, 2.24) is 0 Å². The van der Waals surface area contributed by atoms with Crippen LogP contribution in [0.4, 0.5) is 0 Å². The van der Waals surface area contributed by atoms with Crippen LogP contribution in [0.1, 0.15) is 25.8 Å². The number of hydrogen-bond donors (Lipinski definition) is 3. The maximum absolute atomic E-state index is 9.79. The van der Waals surface area contributed by atoms with Gasteiger partial charge < -0.3 is 15.3 Å². The molecular formula is C12H18O3. The quantitative estimate of drug-likeness (QED) is 0.666. The Morgan fingerprint density at radius 2 is 1.93 bits per heavy atom. The van der Waals surface area contributed by atoms with Gasteiger partial charge >= 0.3 is 0 Å². The van der Waals surface area contributed by atoms with Crippen molar-refractivity contribution in [2.45, 2.75) is 32.8 Å². The highest BCUT2D eigenvalue weighted by Crippen LogP contribution is 2.25. The van der Waals surface area contributed by atoms with Crippen LogP contribution in [-0.2, 0) is 6.42 Å². The smallest absolute Gasteiger partial charge is 0.119 e. The van der Waals surface area contributed by atoms with Crippen LogP contribution in [-0.4, -0.2) is 21.4 Å². The van der Waals surface area contributed by atoms with E-state index in [1.54, 1.807) is 0 Å². The van der Waals surface area contributed by atoms with Crippen molar-refractivity contribution in [3.05, 3.63) is 23.8 Å². The molecule has 0 aromatic heterocycles. The van der Waals surface area contributed by atoms with Crippen LogP contribution in [0.5, 0.6) is 11.5 Å². The molecule has 0 amide bonds. The van der Waals surface area contributed by atoms with Gasteiger partial charge in [-0.25, -0.2) is 0 Å². The maximum atomic E-state index is 9.79. The monoisotopic (exact) mass is 210 g/mol. The summed E-state index contributed by atoms with van der Waals surface area (Å²) in [5.41, 5.74) is 0.586. The normalized spacial score (nSPS) is 14.9. The molecule has 1 aromatic rings. The fourth-order valence-corrected chi connectivity index (χ4v) is 1.43. The minimum Gasteiger partial charge on any atom is -0.508 e. The van der Waals surface area contributed by atoms with Crippen molar-refractivity contribution in [2.75, 3.05) is 0 Å². The molecule has 0 heterocycles. The third-order valence-electron chi connectivity index (χ3n) is 2.79. The summed E-state index contributed by atoms with van der Waals surface area (Å²) in [6.07, 6.45) is 0.776. The molecule has 2 unspecified atom stereocenters. The van der Waals surface area contributed by atoms with Crippen LogP contribution in [0.3, 0.4) is 0 Å². The maximum Gasteiger partial charge on any atom is 0.119 e. The number of hydrogen-bond acceptors (Lipinski definition) is 3. The van der Waals surface area contributed by atoms with E-state index in [4.69, 9.17) is 0 Å². The van der Waals surface area contributed by atoms with Crippen molar-refractivity contribution >= 4 is 0 Å². The molecule has 0 aliphatic carbocycles. The first-order valence-corrected chi connectivity index (χ1v) is 5.23. The number of aliphatic hydroxyl groups is 1. The molecule has 0 aliphatic heterocycles. The van der Waals surface area contributed by atoms with E-state index in [9.17, 15) is 15.3 Å². The van der Waals surface area contributed by atoms with Crippen LogP contribution in [0.2, 0.25) is 0 Å². The van der Waals surface area contributed by atoms with Crippen molar-refractivity contribution in [2.24, 2.45) is 5.92 Å². The Balaban J connectivity index is 2.75. The summed E-state index contributed by atoms with van der Waals surface area (Å²) < 4.78 is 0. The molecule has 0 fully saturated rings. The molecule has 2 atom stereocenters. The summed E-state index contributed by atoms with van der Waals surface area (Å²) in [5.74, 6) is 0.418. The Morgan fingerprint density at radius 3 is 2.53 bits per heavy atom. The van der Waals surface area contributed by atoms with Crippen molar-refractivity contribution in [3.8, 4) is 11.5 Å². The van der Waals surface area contributed by atoms with Gasteiger partial charge in [-0.1, -0.05) is 20.3 Å².